The van der Waals surface area contributed by atoms with Crippen LogP contribution < -0.4 is 0 Å². The van der Waals surface area contributed by atoms with Crippen molar-refractivity contribution in [2.24, 2.45) is 0 Å². The monoisotopic (exact) mass is 328 g/mol. The van der Waals surface area contributed by atoms with E-state index in [1.165, 1.54) is 6.92 Å². The Bertz CT molecular complexity index is 495. The minimum absolute atomic E-state index is 0.132. The summed E-state index contributed by atoms with van der Waals surface area (Å²) in [5, 5.41) is 0. The fourth-order valence-corrected chi connectivity index (χ4v) is 3.42. The summed E-state index contributed by atoms with van der Waals surface area (Å²) in [6, 6.07) is 0. The third-order valence-electron chi connectivity index (χ3n) is 1.46. The van der Waals surface area contributed by atoms with Crippen molar-refractivity contribution in [2.75, 3.05) is 5.75 Å². The van der Waals surface area contributed by atoms with E-state index in [1.54, 1.807) is 6.92 Å². The van der Waals surface area contributed by atoms with E-state index in [9.17, 15) is 25.3 Å². The zero-order chi connectivity index (χ0) is 15.2. The lowest BCUT2D eigenvalue weighted by Gasteiger charge is -2.05. The van der Waals surface area contributed by atoms with Gasteiger partial charge in [-0.15, -0.1) is 0 Å². The molecule has 18 heavy (non-hydrogen) atoms. The first-order chi connectivity index (χ1) is 7.75. The van der Waals surface area contributed by atoms with E-state index in [4.69, 9.17) is 13.7 Å². The van der Waals surface area contributed by atoms with E-state index < -0.39 is 41.4 Å². The van der Waals surface area contributed by atoms with Gasteiger partial charge in [-0.1, -0.05) is 13.8 Å². The van der Waals surface area contributed by atoms with Gasteiger partial charge < -0.3 is 0 Å². The standard InChI is InChI=1S/C3H8O6S2.C3H8O3S/c1-2-3(10(4,5)6)11(7,8)9;1-2-3-7(4,5)6/h3H,2H2,1H3,(H,4,5,6)(H,7,8,9);2-3H2,1H3,(H,4,5,6). The molecule has 0 aliphatic carbocycles. The van der Waals surface area contributed by atoms with Gasteiger partial charge in [-0.05, 0) is 12.8 Å². The Hall–Kier alpha value is -0.270. The fourth-order valence-electron chi connectivity index (χ4n) is 0.833. The van der Waals surface area contributed by atoms with Crippen LogP contribution >= 0.6 is 0 Å². The fraction of sp³-hybridized carbons (Fsp3) is 1.00. The second kappa shape index (κ2) is 7.35. The number of hydrogen-bond acceptors (Lipinski definition) is 6. The highest BCUT2D eigenvalue weighted by Crippen LogP contribution is 2.09. The zero-order valence-corrected chi connectivity index (χ0v) is 12.2. The van der Waals surface area contributed by atoms with Crippen molar-refractivity contribution in [3.05, 3.63) is 0 Å². The van der Waals surface area contributed by atoms with E-state index in [0.29, 0.717) is 6.42 Å². The van der Waals surface area contributed by atoms with Crippen molar-refractivity contribution < 1.29 is 38.9 Å². The van der Waals surface area contributed by atoms with Gasteiger partial charge >= 0.3 is 0 Å². The summed E-state index contributed by atoms with van der Waals surface area (Å²) in [5.41, 5.74) is 0. The second-order valence-corrected chi connectivity index (χ2v) is 8.22. The third kappa shape index (κ3) is 10.9. The highest BCUT2D eigenvalue weighted by molar-refractivity contribution is 8.03. The molecule has 0 aliphatic rings. The van der Waals surface area contributed by atoms with Crippen LogP contribution in [0, 0.1) is 0 Å². The van der Waals surface area contributed by atoms with Crippen LogP contribution in [0.25, 0.3) is 0 Å². The Balaban J connectivity index is 0. The van der Waals surface area contributed by atoms with Crippen molar-refractivity contribution in [3.8, 4) is 0 Å². The topological polar surface area (TPSA) is 163 Å². The first kappa shape index (κ1) is 20.1. The minimum atomic E-state index is -4.71. The molecule has 0 radical (unpaired) electrons. The zero-order valence-electron chi connectivity index (χ0n) is 9.71. The van der Waals surface area contributed by atoms with Gasteiger partial charge in [-0.2, -0.15) is 25.3 Å². The molecule has 0 fully saturated rings. The van der Waals surface area contributed by atoms with E-state index in [1.807, 2.05) is 0 Å². The molecule has 0 aromatic heterocycles. The van der Waals surface area contributed by atoms with Gasteiger partial charge in [0.05, 0.1) is 5.75 Å². The Morgan fingerprint density at radius 3 is 1.17 bits per heavy atom. The van der Waals surface area contributed by atoms with Crippen LogP contribution in [-0.2, 0) is 30.4 Å². The average Bonchev–Trinajstić information content (AvgIpc) is 1.96. The van der Waals surface area contributed by atoms with Crippen molar-refractivity contribution in [1.82, 2.24) is 0 Å². The lowest BCUT2D eigenvalue weighted by Crippen LogP contribution is -2.28. The SMILES string of the molecule is CCC(S(=O)(=O)O)S(=O)(=O)O.CCCS(=O)(=O)O. The smallest absolute Gasteiger partial charge is 0.284 e. The molecule has 0 saturated heterocycles. The van der Waals surface area contributed by atoms with E-state index >= 15 is 0 Å². The number of rotatable bonds is 5. The third-order valence-corrected chi connectivity index (χ3v) is 5.84. The summed E-state index contributed by atoms with van der Waals surface area (Å²) < 4.78 is 82.8. The van der Waals surface area contributed by atoms with Gasteiger partial charge in [-0.25, -0.2) is 0 Å². The van der Waals surface area contributed by atoms with Crippen molar-refractivity contribution in [3.63, 3.8) is 0 Å². The summed E-state index contributed by atoms with van der Waals surface area (Å²) in [6.07, 6.45) is 0.0799. The second-order valence-electron chi connectivity index (χ2n) is 3.15. The first-order valence-electron chi connectivity index (χ1n) is 4.63. The lowest BCUT2D eigenvalue weighted by molar-refractivity contribution is 0.452. The van der Waals surface area contributed by atoms with E-state index in [-0.39, 0.29) is 5.75 Å². The van der Waals surface area contributed by atoms with Gasteiger partial charge in [0.25, 0.3) is 30.4 Å². The van der Waals surface area contributed by atoms with Gasteiger partial charge in [0.2, 0.25) is 4.58 Å². The van der Waals surface area contributed by atoms with Crippen LogP contribution in [0.5, 0.6) is 0 Å². The minimum Gasteiger partial charge on any atom is -0.286 e. The highest BCUT2D eigenvalue weighted by atomic mass is 32.3. The maximum Gasteiger partial charge on any atom is 0.284 e. The molecule has 0 aromatic carbocycles. The van der Waals surface area contributed by atoms with Crippen LogP contribution in [0.4, 0.5) is 0 Å². The normalized spacial score (nSPS) is 13.0. The van der Waals surface area contributed by atoms with Gasteiger partial charge in [0.15, 0.2) is 0 Å². The summed E-state index contributed by atoms with van der Waals surface area (Å²) in [4.78, 5) is 0. The molecule has 112 valence electrons. The van der Waals surface area contributed by atoms with Crippen LogP contribution in [-0.4, -0.2) is 49.2 Å². The van der Waals surface area contributed by atoms with Crippen molar-refractivity contribution >= 4 is 30.4 Å². The molecule has 0 heterocycles. The Labute approximate surface area is 106 Å². The molecular formula is C6H16O9S3. The summed E-state index contributed by atoms with van der Waals surface area (Å²) in [7, 11) is -13.1. The molecule has 0 spiro atoms. The molecule has 0 atom stereocenters. The van der Waals surface area contributed by atoms with E-state index in [2.05, 4.69) is 0 Å². The molecule has 0 aromatic rings. The van der Waals surface area contributed by atoms with Crippen LogP contribution in [0.1, 0.15) is 26.7 Å². The Morgan fingerprint density at radius 1 is 0.833 bits per heavy atom. The lowest BCUT2D eigenvalue weighted by atomic mass is 10.6. The molecule has 12 heteroatoms. The molecular weight excluding hydrogens is 312 g/mol. The van der Waals surface area contributed by atoms with Crippen LogP contribution in [0.2, 0.25) is 0 Å². The molecule has 0 bridgehead atoms. The predicted octanol–water partition coefficient (Wildman–Crippen LogP) is -0.218. The van der Waals surface area contributed by atoms with Gasteiger partial charge in [-0.3, -0.25) is 13.7 Å². The summed E-state index contributed by atoms with van der Waals surface area (Å²) in [5.74, 6) is -0.132. The molecule has 0 rings (SSSR count). The summed E-state index contributed by atoms with van der Waals surface area (Å²) >= 11 is 0. The van der Waals surface area contributed by atoms with Gasteiger partial charge in [0.1, 0.15) is 0 Å². The molecule has 0 unspecified atom stereocenters. The van der Waals surface area contributed by atoms with E-state index in [0.717, 1.165) is 0 Å². The Kier molecular flexibility index (Phi) is 8.19. The molecule has 3 N–H and O–H groups in total. The van der Waals surface area contributed by atoms with Crippen molar-refractivity contribution in [1.29, 1.82) is 0 Å². The van der Waals surface area contributed by atoms with Crippen molar-refractivity contribution in [2.45, 2.75) is 31.3 Å². The van der Waals surface area contributed by atoms with Crippen LogP contribution in [0.3, 0.4) is 0 Å². The highest BCUT2D eigenvalue weighted by Gasteiger charge is 2.33. The first-order valence-corrected chi connectivity index (χ1v) is 9.25. The maximum absolute atomic E-state index is 10.2. The quantitative estimate of drug-likeness (QED) is 0.579. The largest absolute Gasteiger partial charge is 0.286 e. The summed E-state index contributed by atoms with van der Waals surface area (Å²) in [6.45, 7) is 2.90. The van der Waals surface area contributed by atoms with Crippen LogP contribution in [0.15, 0.2) is 0 Å². The molecule has 9 nitrogen and oxygen atoms in total. The number of hydrogen-bond donors (Lipinski definition) is 3. The molecule has 0 aliphatic heterocycles. The average molecular weight is 328 g/mol. The predicted molar refractivity (Wildman–Crippen MR) is 63.9 cm³/mol. The molecule has 0 amide bonds. The maximum atomic E-state index is 10.2. The Morgan fingerprint density at radius 2 is 1.17 bits per heavy atom. The molecule has 0 saturated carbocycles. The van der Waals surface area contributed by atoms with Gasteiger partial charge in [0, 0.05) is 0 Å².